The summed E-state index contributed by atoms with van der Waals surface area (Å²) in [6, 6.07) is 5.84. The summed E-state index contributed by atoms with van der Waals surface area (Å²) in [6.45, 7) is 6.61. The average molecular weight is 284 g/mol. The van der Waals surface area contributed by atoms with Gasteiger partial charge in [0.1, 0.15) is 0 Å². The van der Waals surface area contributed by atoms with E-state index in [0.29, 0.717) is 12.1 Å². The van der Waals surface area contributed by atoms with Crippen molar-refractivity contribution in [2.45, 2.75) is 27.3 Å². The van der Waals surface area contributed by atoms with Crippen molar-refractivity contribution in [3.8, 4) is 0 Å². The van der Waals surface area contributed by atoms with E-state index in [0.717, 1.165) is 16.7 Å². The highest BCUT2D eigenvalue weighted by Crippen LogP contribution is 2.17. The molecule has 0 aliphatic rings. The number of fused-ring (bicyclic) bond motifs is 1. The van der Waals surface area contributed by atoms with Crippen LogP contribution in [0.3, 0.4) is 0 Å². The summed E-state index contributed by atoms with van der Waals surface area (Å²) in [5.74, 6) is -0.609. The van der Waals surface area contributed by atoms with Crippen LogP contribution in [0.5, 0.6) is 0 Å². The van der Waals surface area contributed by atoms with Crippen LogP contribution in [0.25, 0.3) is 11.1 Å². The largest absolute Gasteiger partial charge is 0.417 e. The van der Waals surface area contributed by atoms with Crippen LogP contribution in [0, 0.1) is 20.8 Å². The Bertz CT molecular complexity index is 921. The van der Waals surface area contributed by atoms with Crippen LogP contribution in [0.15, 0.2) is 38.4 Å². The zero-order chi connectivity index (χ0) is 15.1. The molecule has 0 unspecified atom stereocenters. The number of nitrogens with one attached hydrogen (secondary N) is 1. The van der Waals surface area contributed by atoms with Crippen LogP contribution in [-0.2, 0) is 6.54 Å². The number of aromatic nitrogens is 2. The number of aryl methyl sites for hydroxylation is 3. The highest BCUT2D eigenvalue weighted by atomic mass is 16.4. The number of nitrogens with zero attached hydrogens (tertiary/aromatic N) is 1. The number of benzene rings is 1. The molecule has 3 aromatic rings. The van der Waals surface area contributed by atoms with Crippen LogP contribution in [0.1, 0.15) is 22.3 Å². The summed E-state index contributed by atoms with van der Waals surface area (Å²) in [5.41, 5.74) is 4.88. The summed E-state index contributed by atoms with van der Waals surface area (Å²) < 4.78 is 6.47. The van der Waals surface area contributed by atoms with Crippen LogP contribution in [0.2, 0.25) is 0 Å². The molecule has 5 heteroatoms. The predicted molar refractivity (Wildman–Crippen MR) is 80.8 cm³/mol. The van der Waals surface area contributed by atoms with Gasteiger partial charge in [-0.3, -0.25) is 9.78 Å². The molecule has 0 aliphatic heterocycles. The fraction of sp³-hybridized carbons (Fsp3) is 0.250. The van der Waals surface area contributed by atoms with Gasteiger partial charge in [0.05, 0.1) is 6.54 Å². The normalized spacial score (nSPS) is 11.2. The molecular weight excluding hydrogens is 268 g/mol. The molecule has 0 saturated carbocycles. The maximum atomic E-state index is 12.4. The molecule has 0 radical (unpaired) electrons. The molecule has 0 aliphatic carbocycles. The van der Waals surface area contributed by atoms with Crippen LogP contribution in [-0.4, -0.2) is 9.55 Å². The van der Waals surface area contributed by atoms with Crippen molar-refractivity contribution < 1.29 is 4.42 Å². The van der Waals surface area contributed by atoms with Crippen molar-refractivity contribution in [2.75, 3.05) is 0 Å². The highest BCUT2D eigenvalue weighted by Gasteiger charge is 2.10. The third-order valence-corrected chi connectivity index (χ3v) is 3.73. The van der Waals surface area contributed by atoms with Crippen LogP contribution >= 0.6 is 0 Å². The molecule has 21 heavy (non-hydrogen) atoms. The van der Waals surface area contributed by atoms with Crippen molar-refractivity contribution in [2.24, 2.45) is 0 Å². The molecule has 5 nitrogen and oxygen atoms in total. The van der Waals surface area contributed by atoms with Gasteiger partial charge in [-0.25, -0.2) is 4.79 Å². The maximum Gasteiger partial charge on any atom is 0.417 e. The van der Waals surface area contributed by atoms with Crippen molar-refractivity contribution >= 4 is 11.1 Å². The minimum atomic E-state index is -0.609. The molecule has 108 valence electrons. The van der Waals surface area contributed by atoms with E-state index in [4.69, 9.17) is 4.42 Å². The van der Waals surface area contributed by atoms with E-state index in [-0.39, 0.29) is 11.1 Å². The smallest absolute Gasteiger partial charge is 0.408 e. The van der Waals surface area contributed by atoms with Crippen LogP contribution < -0.4 is 11.3 Å². The Kier molecular flexibility index (Phi) is 3.05. The number of rotatable bonds is 2. The molecule has 0 saturated heterocycles. The second-order valence-corrected chi connectivity index (χ2v) is 5.38. The zero-order valence-electron chi connectivity index (χ0n) is 12.2. The summed E-state index contributed by atoms with van der Waals surface area (Å²) in [6.07, 6.45) is 1.65. The Balaban J connectivity index is 2.13. The first kappa shape index (κ1) is 13.4. The average Bonchev–Trinajstić information content (AvgIpc) is 2.77. The third-order valence-electron chi connectivity index (χ3n) is 3.73. The van der Waals surface area contributed by atoms with E-state index in [2.05, 4.69) is 24.0 Å². The second kappa shape index (κ2) is 4.77. The van der Waals surface area contributed by atoms with Crippen LogP contribution in [0.4, 0.5) is 0 Å². The summed E-state index contributed by atoms with van der Waals surface area (Å²) >= 11 is 0. The lowest BCUT2D eigenvalue weighted by Crippen LogP contribution is -2.21. The number of oxazole rings is 1. The molecule has 1 N–H and O–H groups in total. The Morgan fingerprint density at radius 3 is 2.48 bits per heavy atom. The fourth-order valence-corrected chi connectivity index (χ4v) is 2.74. The van der Waals surface area contributed by atoms with Gasteiger partial charge in [-0.1, -0.05) is 17.7 Å². The molecule has 0 fully saturated rings. The van der Waals surface area contributed by atoms with E-state index in [1.807, 2.05) is 13.8 Å². The van der Waals surface area contributed by atoms with Gasteiger partial charge in [-0.15, -0.1) is 0 Å². The van der Waals surface area contributed by atoms with Crippen molar-refractivity contribution in [3.05, 3.63) is 67.6 Å². The number of hydrogen-bond acceptors (Lipinski definition) is 3. The fourth-order valence-electron chi connectivity index (χ4n) is 2.74. The Morgan fingerprint density at radius 2 is 1.81 bits per heavy atom. The first-order valence-electron chi connectivity index (χ1n) is 6.74. The summed E-state index contributed by atoms with van der Waals surface area (Å²) in [7, 11) is 0. The number of hydrogen-bond donors (Lipinski definition) is 1. The number of pyridine rings is 1. The van der Waals surface area contributed by atoms with E-state index in [9.17, 15) is 9.59 Å². The SMILES string of the molecule is Cc1cc(C)c(Cn2ccc3oc(=O)[nH]c3c2=O)c(C)c1. The quantitative estimate of drug-likeness (QED) is 0.784. The number of H-pyrrole nitrogens is 1. The molecule has 2 heterocycles. The molecule has 0 bridgehead atoms. The molecule has 2 aromatic heterocycles. The van der Waals surface area contributed by atoms with Crippen molar-refractivity contribution in [1.29, 1.82) is 0 Å². The molecule has 3 rings (SSSR count). The number of aromatic amines is 1. The van der Waals surface area contributed by atoms with Crippen molar-refractivity contribution in [1.82, 2.24) is 9.55 Å². The van der Waals surface area contributed by atoms with Crippen molar-refractivity contribution in [3.63, 3.8) is 0 Å². The van der Waals surface area contributed by atoms with Gasteiger partial charge in [0.15, 0.2) is 11.1 Å². The Hall–Kier alpha value is -2.56. The Labute approximate surface area is 120 Å². The molecule has 1 aromatic carbocycles. The molecular formula is C16H16N2O3. The highest BCUT2D eigenvalue weighted by molar-refractivity contribution is 5.70. The Morgan fingerprint density at radius 1 is 1.14 bits per heavy atom. The minimum absolute atomic E-state index is 0.213. The summed E-state index contributed by atoms with van der Waals surface area (Å²) in [5, 5.41) is 0. The minimum Gasteiger partial charge on any atom is -0.408 e. The second-order valence-electron chi connectivity index (χ2n) is 5.38. The van der Waals surface area contributed by atoms with E-state index in [1.54, 1.807) is 16.8 Å². The molecule has 0 amide bonds. The first-order chi connectivity index (χ1) is 9.95. The van der Waals surface area contributed by atoms with E-state index < -0.39 is 5.76 Å². The third kappa shape index (κ3) is 2.31. The van der Waals surface area contributed by atoms with Gasteiger partial charge in [-0.2, -0.15) is 0 Å². The predicted octanol–water partition coefficient (Wildman–Crippen LogP) is 2.26. The molecule has 0 atom stereocenters. The van der Waals surface area contributed by atoms with Gasteiger partial charge >= 0.3 is 5.76 Å². The van der Waals surface area contributed by atoms with Gasteiger partial charge in [0.2, 0.25) is 0 Å². The standard InChI is InChI=1S/C16H16N2O3/c1-9-6-10(2)12(11(3)7-9)8-18-5-4-13-14(15(18)19)17-16(20)21-13/h4-7H,8H2,1-3H3,(H,17,20). The first-order valence-corrected chi connectivity index (χ1v) is 6.74. The molecule has 0 spiro atoms. The topological polar surface area (TPSA) is 68.0 Å². The zero-order valence-corrected chi connectivity index (χ0v) is 12.2. The van der Waals surface area contributed by atoms with Gasteiger partial charge < -0.3 is 8.98 Å². The lowest BCUT2D eigenvalue weighted by molar-refractivity contribution is 0.555. The maximum absolute atomic E-state index is 12.4. The monoisotopic (exact) mass is 284 g/mol. The van der Waals surface area contributed by atoms with Gasteiger partial charge in [-0.05, 0) is 43.5 Å². The van der Waals surface area contributed by atoms with E-state index in [1.165, 1.54) is 5.56 Å². The van der Waals surface area contributed by atoms with Gasteiger partial charge in [0, 0.05) is 6.20 Å². The lowest BCUT2D eigenvalue weighted by Gasteiger charge is -2.13. The van der Waals surface area contributed by atoms with E-state index >= 15 is 0 Å². The summed E-state index contributed by atoms with van der Waals surface area (Å²) in [4.78, 5) is 26.0. The van der Waals surface area contributed by atoms with Gasteiger partial charge in [0.25, 0.3) is 5.56 Å². The lowest BCUT2D eigenvalue weighted by atomic mass is 10.00.